The zero-order chi connectivity index (χ0) is 11.7. The van der Waals surface area contributed by atoms with E-state index in [9.17, 15) is 9.59 Å². The Bertz CT molecular complexity index is 237. The van der Waals surface area contributed by atoms with Gasteiger partial charge in [-0.2, -0.15) is 5.26 Å². The fraction of sp³-hybridized carbons (Fsp3) is 0.727. The molecular formula is C11H17NO3. The second-order valence-electron chi connectivity index (χ2n) is 3.22. The van der Waals surface area contributed by atoms with Crippen LogP contribution < -0.4 is 0 Å². The van der Waals surface area contributed by atoms with Crippen molar-refractivity contribution in [2.45, 2.75) is 39.5 Å². The molecule has 0 saturated heterocycles. The quantitative estimate of drug-likeness (QED) is 0.476. The first-order chi connectivity index (χ1) is 7.17. The van der Waals surface area contributed by atoms with Gasteiger partial charge in [0.1, 0.15) is 11.7 Å². The molecule has 0 rings (SSSR count). The molecule has 0 spiro atoms. The summed E-state index contributed by atoms with van der Waals surface area (Å²) in [5.74, 6) is -1.36. The lowest BCUT2D eigenvalue weighted by Crippen LogP contribution is -2.26. The highest BCUT2D eigenvalue weighted by molar-refractivity contribution is 5.98. The average molecular weight is 211 g/mol. The fourth-order valence-corrected chi connectivity index (χ4v) is 1.28. The number of carbonyl (C=O) groups is 2. The molecule has 0 aromatic rings. The van der Waals surface area contributed by atoms with Crippen LogP contribution in [-0.2, 0) is 14.3 Å². The van der Waals surface area contributed by atoms with Crippen molar-refractivity contribution in [2.24, 2.45) is 5.92 Å². The molecule has 0 aliphatic rings. The van der Waals surface area contributed by atoms with Gasteiger partial charge < -0.3 is 4.74 Å². The molecule has 0 aromatic heterocycles. The number of hydrogen-bond acceptors (Lipinski definition) is 4. The molecule has 4 heteroatoms. The van der Waals surface area contributed by atoms with Gasteiger partial charge in [0.15, 0.2) is 0 Å². The van der Waals surface area contributed by atoms with E-state index in [1.165, 1.54) is 0 Å². The van der Waals surface area contributed by atoms with Crippen LogP contribution in [0.15, 0.2) is 0 Å². The second-order valence-corrected chi connectivity index (χ2v) is 3.22. The van der Waals surface area contributed by atoms with Gasteiger partial charge in [-0.15, -0.1) is 0 Å². The van der Waals surface area contributed by atoms with Gasteiger partial charge >= 0.3 is 5.97 Å². The third-order valence-electron chi connectivity index (χ3n) is 2.00. The van der Waals surface area contributed by atoms with Gasteiger partial charge in [0.05, 0.1) is 12.7 Å². The highest BCUT2D eigenvalue weighted by Crippen LogP contribution is 2.13. The van der Waals surface area contributed by atoms with Gasteiger partial charge in [0.25, 0.3) is 0 Å². The minimum absolute atomic E-state index is 0.119. The van der Waals surface area contributed by atoms with Crippen molar-refractivity contribution in [3.63, 3.8) is 0 Å². The van der Waals surface area contributed by atoms with E-state index in [1.807, 2.05) is 13.0 Å². The lowest BCUT2D eigenvalue weighted by Gasteiger charge is -2.12. The van der Waals surface area contributed by atoms with Crippen LogP contribution in [-0.4, -0.2) is 18.4 Å². The Morgan fingerprint density at radius 1 is 1.40 bits per heavy atom. The molecule has 0 amide bonds. The Morgan fingerprint density at radius 2 is 2.07 bits per heavy atom. The average Bonchev–Trinajstić information content (AvgIpc) is 2.19. The smallest absolute Gasteiger partial charge is 0.316 e. The van der Waals surface area contributed by atoms with Crippen LogP contribution in [0.5, 0.6) is 0 Å². The van der Waals surface area contributed by atoms with Crippen molar-refractivity contribution in [3.8, 4) is 6.07 Å². The van der Waals surface area contributed by atoms with Crippen LogP contribution in [0, 0.1) is 17.2 Å². The van der Waals surface area contributed by atoms with E-state index in [0.717, 1.165) is 0 Å². The van der Waals surface area contributed by atoms with E-state index in [1.54, 1.807) is 6.92 Å². The van der Waals surface area contributed by atoms with Crippen LogP contribution in [0.25, 0.3) is 0 Å². The monoisotopic (exact) mass is 211 g/mol. The first kappa shape index (κ1) is 13.6. The number of esters is 1. The molecule has 0 N–H and O–H groups in total. The zero-order valence-corrected chi connectivity index (χ0v) is 9.28. The summed E-state index contributed by atoms with van der Waals surface area (Å²) in [5, 5.41) is 8.43. The van der Waals surface area contributed by atoms with Crippen molar-refractivity contribution in [2.75, 3.05) is 6.61 Å². The van der Waals surface area contributed by atoms with E-state index < -0.39 is 11.9 Å². The van der Waals surface area contributed by atoms with Crippen molar-refractivity contribution in [1.29, 1.82) is 5.26 Å². The van der Waals surface area contributed by atoms with Crippen LogP contribution >= 0.6 is 0 Å². The Morgan fingerprint density at radius 3 is 2.53 bits per heavy atom. The van der Waals surface area contributed by atoms with Crippen LogP contribution in [0.2, 0.25) is 0 Å². The second kappa shape index (κ2) is 7.98. The van der Waals surface area contributed by atoms with Gasteiger partial charge in [0.2, 0.25) is 0 Å². The van der Waals surface area contributed by atoms with Crippen molar-refractivity contribution < 1.29 is 14.3 Å². The summed E-state index contributed by atoms with van der Waals surface area (Å²) in [5.41, 5.74) is 0. The van der Waals surface area contributed by atoms with Crippen LogP contribution in [0.4, 0.5) is 0 Å². The number of hydrogen-bond donors (Lipinski definition) is 0. The third kappa shape index (κ3) is 5.16. The molecule has 0 radical (unpaired) electrons. The molecule has 0 aliphatic heterocycles. The molecule has 15 heavy (non-hydrogen) atoms. The summed E-state index contributed by atoms with van der Waals surface area (Å²) in [6, 6.07) is 1.93. The first-order valence-corrected chi connectivity index (χ1v) is 5.23. The summed E-state index contributed by atoms with van der Waals surface area (Å²) < 4.78 is 4.80. The molecule has 1 atom stereocenters. The number of Topliss-reactive ketones (excluding diaryl/α,β-unsaturated/α-hetero) is 1. The van der Waals surface area contributed by atoms with Crippen LogP contribution in [0.3, 0.4) is 0 Å². The van der Waals surface area contributed by atoms with Crippen molar-refractivity contribution >= 4 is 11.8 Å². The van der Waals surface area contributed by atoms with E-state index in [4.69, 9.17) is 10.00 Å². The summed E-state index contributed by atoms with van der Waals surface area (Å²) >= 11 is 0. The first-order valence-electron chi connectivity index (χ1n) is 5.23. The predicted octanol–water partition coefficient (Wildman–Crippen LogP) is 1.84. The number of ether oxygens (including phenoxy) is 1. The standard InChI is InChI=1S/C11H17NO3/c1-3-6-10(13)9(7-5-8-12)11(14)15-4-2/h9H,3-7H2,1-2H3. The SMILES string of the molecule is CCCC(=O)C(CCC#N)C(=O)OCC. The predicted molar refractivity (Wildman–Crippen MR) is 54.9 cm³/mol. The third-order valence-corrected chi connectivity index (χ3v) is 2.00. The van der Waals surface area contributed by atoms with Gasteiger partial charge in [-0.3, -0.25) is 9.59 Å². The summed E-state index contributed by atoms with van der Waals surface area (Å²) in [4.78, 5) is 23.0. The molecule has 0 aliphatic carbocycles. The number of carbonyl (C=O) groups excluding carboxylic acids is 2. The van der Waals surface area contributed by atoms with E-state index in [-0.39, 0.29) is 25.2 Å². The largest absolute Gasteiger partial charge is 0.465 e. The van der Waals surface area contributed by atoms with E-state index in [0.29, 0.717) is 12.8 Å². The fourth-order valence-electron chi connectivity index (χ4n) is 1.28. The normalized spacial score (nSPS) is 11.5. The molecule has 84 valence electrons. The Kier molecular flexibility index (Phi) is 7.25. The number of rotatable bonds is 7. The molecule has 4 nitrogen and oxygen atoms in total. The number of nitriles is 1. The topological polar surface area (TPSA) is 67.2 Å². The number of ketones is 1. The molecule has 0 aromatic carbocycles. The Labute approximate surface area is 90.2 Å². The number of nitrogens with zero attached hydrogens (tertiary/aromatic N) is 1. The van der Waals surface area contributed by atoms with Gasteiger partial charge in [-0.25, -0.2) is 0 Å². The molecule has 0 fully saturated rings. The zero-order valence-electron chi connectivity index (χ0n) is 9.28. The molecule has 1 unspecified atom stereocenters. The molecule has 0 saturated carbocycles. The maximum absolute atomic E-state index is 11.6. The minimum Gasteiger partial charge on any atom is -0.465 e. The van der Waals surface area contributed by atoms with Gasteiger partial charge in [-0.1, -0.05) is 6.92 Å². The maximum Gasteiger partial charge on any atom is 0.316 e. The maximum atomic E-state index is 11.6. The van der Waals surface area contributed by atoms with Crippen LogP contribution in [0.1, 0.15) is 39.5 Å². The lowest BCUT2D eigenvalue weighted by molar-refractivity contribution is -0.151. The summed E-state index contributed by atoms with van der Waals surface area (Å²) in [7, 11) is 0. The highest BCUT2D eigenvalue weighted by atomic mass is 16.5. The molecule has 0 bridgehead atoms. The van der Waals surface area contributed by atoms with Crippen molar-refractivity contribution in [1.82, 2.24) is 0 Å². The summed E-state index contributed by atoms with van der Waals surface area (Å²) in [6.45, 7) is 3.84. The van der Waals surface area contributed by atoms with Gasteiger partial charge in [-0.05, 0) is 19.8 Å². The minimum atomic E-state index is -0.746. The van der Waals surface area contributed by atoms with E-state index in [2.05, 4.69) is 0 Å². The molecular weight excluding hydrogens is 194 g/mol. The summed E-state index contributed by atoms with van der Waals surface area (Å²) in [6.07, 6.45) is 1.56. The molecule has 0 heterocycles. The lowest BCUT2D eigenvalue weighted by atomic mass is 9.96. The van der Waals surface area contributed by atoms with Gasteiger partial charge in [0, 0.05) is 12.8 Å². The van der Waals surface area contributed by atoms with Crippen molar-refractivity contribution in [3.05, 3.63) is 0 Å². The Balaban J connectivity index is 4.36. The highest BCUT2D eigenvalue weighted by Gasteiger charge is 2.26. The Hall–Kier alpha value is -1.37. The van der Waals surface area contributed by atoms with E-state index >= 15 is 0 Å².